The summed E-state index contributed by atoms with van der Waals surface area (Å²) in [5, 5.41) is 26.7. The van der Waals surface area contributed by atoms with Crippen molar-refractivity contribution >= 4 is 0 Å². The molecule has 0 aliphatic carbocycles. The second kappa shape index (κ2) is 5.82. The predicted octanol–water partition coefficient (Wildman–Crippen LogP) is 0.821. The van der Waals surface area contributed by atoms with Crippen molar-refractivity contribution < 1.29 is 10.2 Å². The minimum absolute atomic E-state index is 0.0398. The lowest BCUT2D eigenvalue weighted by atomic mass is 9.95. The van der Waals surface area contributed by atoms with Crippen LogP contribution in [-0.2, 0) is 7.05 Å². The zero-order chi connectivity index (χ0) is 13.9. The highest BCUT2D eigenvalue weighted by atomic mass is 16.3. The number of aromatic nitrogens is 2. The monoisotopic (exact) mass is 255 g/mol. The number of hydrogen-bond donors (Lipinski definition) is 3. The van der Waals surface area contributed by atoms with Crippen LogP contribution in [0.4, 0.5) is 0 Å². The van der Waals surface area contributed by atoms with E-state index in [9.17, 15) is 10.2 Å². The molecule has 104 valence electrons. The molecule has 18 heavy (non-hydrogen) atoms. The molecule has 0 bridgehead atoms. The number of rotatable bonds is 6. The van der Waals surface area contributed by atoms with Gasteiger partial charge in [-0.2, -0.15) is 5.10 Å². The van der Waals surface area contributed by atoms with Crippen LogP contribution < -0.4 is 5.32 Å². The zero-order valence-corrected chi connectivity index (χ0v) is 12.0. The minimum atomic E-state index is -0.631. The van der Waals surface area contributed by atoms with Gasteiger partial charge in [-0.1, -0.05) is 6.92 Å². The Kier molecular flexibility index (Phi) is 4.90. The smallest absolute Gasteiger partial charge is 0.0650 e. The fraction of sp³-hybridized carbons (Fsp3) is 0.769. The summed E-state index contributed by atoms with van der Waals surface area (Å²) in [6, 6.07) is 0.0398. The Hall–Kier alpha value is -0.910. The Bertz CT molecular complexity index is 389. The molecular weight excluding hydrogens is 230 g/mol. The van der Waals surface area contributed by atoms with E-state index in [2.05, 4.69) is 10.4 Å². The predicted molar refractivity (Wildman–Crippen MR) is 71.4 cm³/mol. The Balaban J connectivity index is 2.97. The maximum absolute atomic E-state index is 9.47. The third kappa shape index (κ3) is 2.74. The van der Waals surface area contributed by atoms with Gasteiger partial charge < -0.3 is 15.5 Å². The first-order valence-electron chi connectivity index (χ1n) is 6.40. The van der Waals surface area contributed by atoms with E-state index >= 15 is 0 Å². The Labute approximate surface area is 109 Å². The second-order valence-electron chi connectivity index (χ2n) is 5.02. The van der Waals surface area contributed by atoms with Gasteiger partial charge in [0.25, 0.3) is 0 Å². The summed E-state index contributed by atoms with van der Waals surface area (Å²) in [5.41, 5.74) is 2.59. The van der Waals surface area contributed by atoms with Crippen LogP contribution in [0.25, 0.3) is 0 Å². The second-order valence-corrected chi connectivity index (χ2v) is 5.02. The highest BCUT2D eigenvalue weighted by Crippen LogP contribution is 2.24. The van der Waals surface area contributed by atoms with Crippen molar-refractivity contribution in [2.75, 3.05) is 13.2 Å². The van der Waals surface area contributed by atoms with Crippen LogP contribution in [0.5, 0.6) is 0 Å². The topological polar surface area (TPSA) is 70.3 Å². The number of nitrogens with one attached hydrogen (secondary N) is 1. The van der Waals surface area contributed by atoms with E-state index in [1.54, 1.807) is 0 Å². The van der Waals surface area contributed by atoms with E-state index < -0.39 is 5.54 Å². The normalized spacial score (nSPS) is 13.9. The van der Waals surface area contributed by atoms with Gasteiger partial charge in [-0.15, -0.1) is 0 Å². The first-order chi connectivity index (χ1) is 8.40. The van der Waals surface area contributed by atoms with Crippen LogP contribution in [0.15, 0.2) is 0 Å². The lowest BCUT2D eigenvalue weighted by molar-refractivity contribution is 0.0791. The number of hydrogen-bond acceptors (Lipinski definition) is 4. The summed E-state index contributed by atoms with van der Waals surface area (Å²) < 4.78 is 1.86. The molecule has 1 atom stereocenters. The molecule has 0 spiro atoms. The van der Waals surface area contributed by atoms with Gasteiger partial charge in [-0.05, 0) is 27.2 Å². The van der Waals surface area contributed by atoms with Gasteiger partial charge in [0.15, 0.2) is 0 Å². The van der Waals surface area contributed by atoms with Gasteiger partial charge in [0.2, 0.25) is 0 Å². The molecule has 5 nitrogen and oxygen atoms in total. The summed E-state index contributed by atoms with van der Waals surface area (Å²) in [6.07, 6.45) is 0.669. The summed E-state index contributed by atoms with van der Waals surface area (Å²) >= 11 is 0. The van der Waals surface area contributed by atoms with Gasteiger partial charge in [0.05, 0.1) is 24.4 Å². The quantitative estimate of drug-likeness (QED) is 0.704. The van der Waals surface area contributed by atoms with Crippen molar-refractivity contribution in [2.45, 2.75) is 45.7 Å². The molecule has 1 aromatic heterocycles. The van der Waals surface area contributed by atoms with E-state index in [1.165, 1.54) is 0 Å². The molecule has 3 N–H and O–H groups in total. The van der Waals surface area contributed by atoms with Crippen molar-refractivity contribution in [3.63, 3.8) is 0 Å². The fourth-order valence-corrected chi connectivity index (χ4v) is 2.42. The molecule has 0 radical (unpaired) electrons. The van der Waals surface area contributed by atoms with Crippen LogP contribution in [-0.4, -0.2) is 38.7 Å². The van der Waals surface area contributed by atoms with E-state index in [0.717, 1.165) is 17.0 Å². The van der Waals surface area contributed by atoms with Gasteiger partial charge >= 0.3 is 0 Å². The minimum Gasteiger partial charge on any atom is -0.394 e. The average molecular weight is 255 g/mol. The van der Waals surface area contributed by atoms with Gasteiger partial charge in [0.1, 0.15) is 0 Å². The number of nitrogens with zero attached hydrogens (tertiary/aromatic N) is 2. The summed E-state index contributed by atoms with van der Waals surface area (Å²) in [7, 11) is 1.92. The molecule has 0 fully saturated rings. The summed E-state index contributed by atoms with van der Waals surface area (Å²) in [6.45, 7) is 7.83. The molecule has 0 saturated carbocycles. The first-order valence-corrected chi connectivity index (χ1v) is 6.40. The Morgan fingerprint density at radius 2 is 1.89 bits per heavy atom. The third-order valence-electron chi connectivity index (χ3n) is 3.80. The van der Waals surface area contributed by atoms with Gasteiger partial charge in [-0.25, -0.2) is 0 Å². The number of aliphatic hydroxyl groups is 2. The zero-order valence-electron chi connectivity index (χ0n) is 12.0. The third-order valence-corrected chi connectivity index (χ3v) is 3.80. The van der Waals surface area contributed by atoms with Crippen LogP contribution in [0, 0.1) is 13.8 Å². The lowest BCUT2D eigenvalue weighted by Crippen LogP contribution is -2.52. The maximum Gasteiger partial charge on any atom is 0.0650 e. The van der Waals surface area contributed by atoms with Gasteiger partial charge in [-0.3, -0.25) is 4.68 Å². The molecule has 0 aliphatic heterocycles. The molecule has 0 aromatic carbocycles. The number of aryl methyl sites for hydroxylation is 2. The number of aliphatic hydroxyl groups excluding tert-OH is 2. The van der Waals surface area contributed by atoms with Crippen molar-refractivity contribution in [3.8, 4) is 0 Å². The van der Waals surface area contributed by atoms with E-state index in [0.29, 0.717) is 6.42 Å². The van der Waals surface area contributed by atoms with Crippen LogP contribution >= 0.6 is 0 Å². The van der Waals surface area contributed by atoms with Crippen LogP contribution in [0.1, 0.15) is 43.3 Å². The molecule has 5 heteroatoms. The fourth-order valence-electron chi connectivity index (χ4n) is 2.42. The average Bonchev–Trinajstić information content (AvgIpc) is 2.60. The van der Waals surface area contributed by atoms with Crippen molar-refractivity contribution in [2.24, 2.45) is 7.05 Å². The molecule has 1 heterocycles. The van der Waals surface area contributed by atoms with Crippen LogP contribution in [0.3, 0.4) is 0 Å². The molecule has 1 aromatic rings. The molecule has 0 amide bonds. The van der Waals surface area contributed by atoms with E-state index in [1.807, 2.05) is 39.4 Å². The SMILES string of the molecule is CCC(CO)(CO)NC(C)c1c(C)nn(C)c1C. The molecule has 0 saturated heterocycles. The van der Waals surface area contributed by atoms with E-state index in [-0.39, 0.29) is 19.3 Å². The Morgan fingerprint density at radius 1 is 1.33 bits per heavy atom. The largest absolute Gasteiger partial charge is 0.394 e. The van der Waals surface area contributed by atoms with Crippen molar-refractivity contribution in [1.29, 1.82) is 0 Å². The first kappa shape index (κ1) is 15.1. The maximum atomic E-state index is 9.47. The molecule has 1 rings (SSSR count). The van der Waals surface area contributed by atoms with Gasteiger partial charge in [0, 0.05) is 24.3 Å². The summed E-state index contributed by atoms with van der Waals surface area (Å²) in [5.74, 6) is 0. The standard InChI is InChI=1S/C13H25N3O2/c1-6-13(7-17,8-18)14-9(2)12-10(3)15-16(5)11(12)4/h9,14,17-18H,6-8H2,1-5H3. The molecule has 1 unspecified atom stereocenters. The lowest BCUT2D eigenvalue weighted by Gasteiger charge is -2.33. The van der Waals surface area contributed by atoms with Crippen molar-refractivity contribution in [3.05, 3.63) is 17.0 Å². The van der Waals surface area contributed by atoms with Crippen LogP contribution in [0.2, 0.25) is 0 Å². The molecular formula is C13H25N3O2. The highest BCUT2D eigenvalue weighted by molar-refractivity contribution is 5.28. The van der Waals surface area contributed by atoms with Crippen molar-refractivity contribution in [1.82, 2.24) is 15.1 Å². The Morgan fingerprint density at radius 3 is 2.22 bits per heavy atom. The van der Waals surface area contributed by atoms with E-state index in [4.69, 9.17) is 0 Å². The highest BCUT2D eigenvalue weighted by Gasteiger charge is 2.30. The summed E-state index contributed by atoms with van der Waals surface area (Å²) in [4.78, 5) is 0. The molecule has 0 aliphatic rings.